The third-order valence-corrected chi connectivity index (χ3v) is 7.41. The van der Waals surface area contributed by atoms with Crippen LogP contribution in [0, 0.1) is 0 Å². The fourth-order valence-electron chi connectivity index (χ4n) is 5.11. The highest BCUT2D eigenvalue weighted by Gasteiger charge is 2.18. The monoisotopic (exact) mass is 621 g/mol. The molecule has 0 spiro atoms. The van der Waals surface area contributed by atoms with Crippen molar-refractivity contribution in [2.45, 2.75) is 46.1 Å². The lowest BCUT2D eigenvalue weighted by molar-refractivity contribution is 0.0598. The van der Waals surface area contributed by atoms with Crippen LogP contribution in [0.25, 0.3) is 11.3 Å². The minimum atomic E-state index is -0.449. The zero-order valence-corrected chi connectivity index (χ0v) is 26.5. The van der Waals surface area contributed by atoms with E-state index in [2.05, 4.69) is 25.1 Å². The molecule has 238 valence electrons. The first-order chi connectivity index (χ1) is 22.6. The predicted octanol–water partition coefficient (Wildman–Crippen LogP) is 8.86. The Bertz CT molecular complexity index is 1700. The van der Waals surface area contributed by atoms with Crippen LogP contribution in [0.5, 0.6) is 28.7 Å². The Balaban J connectivity index is 1.25. The van der Waals surface area contributed by atoms with Crippen molar-refractivity contribution in [3.63, 3.8) is 0 Å². The minimum absolute atomic E-state index is 0.353. The lowest BCUT2D eigenvalue weighted by Gasteiger charge is -2.18. The number of aromatic nitrogens is 1. The number of esters is 1. The Morgan fingerprint density at radius 2 is 1.50 bits per heavy atom. The van der Waals surface area contributed by atoms with Gasteiger partial charge in [0, 0.05) is 29.2 Å². The van der Waals surface area contributed by atoms with Crippen molar-refractivity contribution in [2.24, 2.45) is 0 Å². The summed E-state index contributed by atoms with van der Waals surface area (Å²) in [5.41, 5.74) is 4.26. The molecular weight excluding hydrogens is 582 g/mol. The van der Waals surface area contributed by atoms with Gasteiger partial charge in [-0.15, -0.1) is 0 Å². The van der Waals surface area contributed by atoms with Gasteiger partial charge in [-0.1, -0.05) is 61.8 Å². The molecule has 0 saturated carbocycles. The molecule has 0 amide bonds. The molecule has 46 heavy (non-hydrogen) atoms. The molecule has 0 atom stereocenters. The van der Waals surface area contributed by atoms with Gasteiger partial charge in [0.2, 0.25) is 0 Å². The van der Waals surface area contributed by atoms with E-state index < -0.39 is 5.97 Å². The number of methoxy groups -OCH3 is 1. The topological polar surface area (TPSA) is 89.3 Å². The van der Waals surface area contributed by atoms with Gasteiger partial charge in [0.15, 0.2) is 5.76 Å². The molecule has 1 aromatic heterocycles. The number of carbonyl (C=O) groups excluding carboxylic acids is 1. The molecule has 0 unspecified atom stereocenters. The van der Waals surface area contributed by atoms with Crippen molar-refractivity contribution in [1.82, 2.24) is 5.16 Å². The summed E-state index contributed by atoms with van der Waals surface area (Å²) in [4.78, 5) is 12.3. The molecule has 0 N–H and O–H groups in total. The van der Waals surface area contributed by atoms with E-state index in [0.717, 1.165) is 58.8 Å². The highest BCUT2D eigenvalue weighted by molar-refractivity contribution is 5.92. The maximum absolute atomic E-state index is 12.3. The molecule has 0 saturated heterocycles. The summed E-state index contributed by atoms with van der Waals surface area (Å²) in [6.45, 7) is 5.49. The van der Waals surface area contributed by atoms with Gasteiger partial charge in [-0.05, 0) is 66.9 Å². The molecule has 0 radical (unpaired) electrons. The molecule has 5 aromatic rings. The van der Waals surface area contributed by atoms with E-state index in [1.54, 1.807) is 24.4 Å². The molecule has 0 fully saturated rings. The van der Waals surface area contributed by atoms with Crippen LogP contribution in [0.1, 0.15) is 53.7 Å². The standard InChI is InChI=1S/C38H39NO7/c1-4-13-30-33(18-11-19-34(30)45-35-17-10-9-16-31(35)38(40)41-3)42-22-12-23-43-37-25-28(26-44-29-14-7-6-8-15-29)32(24-27(37)5-2)36-20-21-39-46-36/h6-11,14-21,24-25H,4-5,12-13,22-23,26H2,1-3H3. The summed E-state index contributed by atoms with van der Waals surface area (Å²) in [5, 5.41) is 3.90. The first kappa shape index (κ1) is 32.2. The van der Waals surface area contributed by atoms with Crippen molar-refractivity contribution in [3.8, 4) is 40.1 Å². The zero-order chi connectivity index (χ0) is 32.1. The van der Waals surface area contributed by atoms with E-state index in [0.29, 0.717) is 49.1 Å². The highest BCUT2D eigenvalue weighted by atomic mass is 16.5. The van der Waals surface area contributed by atoms with Crippen molar-refractivity contribution < 1.29 is 33.0 Å². The number of carbonyl (C=O) groups is 1. The second kappa shape index (κ2) is 16.2. The number of aryl methyl sites for hydroxylation is 1. The zero-order valence-electron chi connectivity index (χ0n) is 26.5. The van der Waals surface area contributed by atoms with E-state index in [1.165, 1.54) is 7.11 Å². The second-order valence-corrected chi connectivity index (χ2v) is 10.6. The van der Waals surface area contributed by atoms with E-state index >= 15 is 0 Å². The lowest BCUT2D eigenvalue weighted by Crippen LogP contribution is -2.09. The molecule has 0 aliphatic heterocycles. The van der Waals surface area contributed by atoms with Gasteiger partial charge in [0.1, 0.15) is 40.9 Å². The van der Waals surface area contributed by atoms with Gasteiger partial charge in [-0.25, -0.2) is 4.79 Å². The van der Waals surface area contributed by atoms with Gasteiger partial charge < -0.3 is 28.2 Å². The van der Waals surface area contributed by atoms with Crippen molar-refractivity contribution in [2.75, 3.05) is 20.3 Å². The minimum Gasteiger partial charge on any atom is -0.493 e. The fraction of sp³-hybridized carbons (Fsp3) is 0.263. The Kier molecular flexibility index (Phi) is 11.3. The first-order valence-electron chi connectivity index (χ1n) is 15.6. The highest BCUT2D eigenvalue weighted by Crippen LogP contribution is 2.35. The van der Waals surface area contributed by atoms with Crippen LogP contribution in [0.2, 0.25) is 0 Å². The summed E-state index contributed by atoms with van der Waals surface area (Å²) >= 11 is 0. The van der Waals surface area contributed by atoms with Crippen LogP contribution in [-0.4, -0.2) is 31.4 Å². The molecule has 1 heterocycles. The number of nitrogens with zero attached hydrogens (tertiary/aromatic N) is 1. The lowest BCUT2D eigenvalue weighted by atomic mass is 10.00. The molecule has 8 heteroatoms. The van der Waals surface area contributed by atoms with Crippen molar-refractivity contribution in [3.05, 3.63) is 119 Å². The van der Waals surface area contributed by atoms with Gasteiger partial charge in [-0.3, -0.25) is 0 Å². The van der Waals surface area contributed by atoms with Crippen LogP contribution >= 0.6 is 0 Å². The van der Waals surface area contributed by atoms with E-state index in [4.69, 9.17) is 28.2 Å². The summed E-state index contributed by atoms with van der Waals surface area (Å²) < 4.78 is 35.3. The van der Waals surface area contributed by atoms with Gasteiger partial charge in [-0.2, -0.15) is 0 Å². The summed E-state index contributed by atoms with van der Waals surface area (Å²) in [6.07, 6.45) is 4.76. The Hall–Kier alpha value is -5.24. The normalized spacial score (nSPS) is 10.8. The number of hydrogen-bond donors (Lipinski definition) is 0. The molecule has 0 aliphatic carbocycles. The maximum atomic E-state index is 12.3. The number of rotatable bonds is 16. The van der Waals surface area contributed by atoms with Gasteiger partial charge in [0.25, 0.3) is 0 Å². The average molecular weight is 622 g/mol. The second-order valence-electron chi connectivity index (χ2n) is 10.6. The third-order valence-electron chi connectivity index (χ3n) is 7.41. The van der Waals surface area contributed by atoms with Crippen molar-refractivity contribution in [1.29, 1.82) is 0 Å². The van der Waals surface area contributed by atoms with E-state index in [-0.39, 0.29) is 0 Å². The van der Waals surface area contributed by atoms with Gasteiger partial charge >= 0.3 is 5.97 Å². The molecular formula is C38H39NO7. The first-order valence-corrected chi connectivity index (χ1v) is 15.6. The Morgan fingerprint density at radius 3 is 2.24 bits per heavy atom. The van der Waals surface area contributed by atoms with Gasteiger partial charge in [0.05, 0.1) is 26.5 Å². The molecule has 4 aromatic carbocycles. The molecule has 0 aliphatic rings. The van der Waals surface area contributed by atoms with E-state index in [1.807, 2.05) is 66.7 Å². The van der Waals surface area contributed by atoms with Crippen LogP contribution in [0.4, 0.5) is 0 Å². The molecule has 8 nitrogen and oxygen atoms in total. The fourth-order valence-corrected chi connectivity index (χ4v) is 5.11. The van der Waals surface area contributed by atoms with E-state index in [9.17, 15) is 4.79 Å². The average Bonchev–Trinajstić information content (AvgIpc) is 3.64. The van der Waals surface area contributed by atoms with Crippen molar-refractivity contribution >= 4 is 5.97 Å². The summed E-state index contributed by atoms with van der Waals surface area (Å²) in [5.74, 6) is 3.67. The van der Waals surface area contributed by atoms with Crippen LogP contribution in [-0.2, 0) is 24.2 Å². The summed E-state index contributed by atoms with van der Waals surface area (Å²) in [7, 11) is 1.36. The number of ether oxygens (including phenoxy) is 5. The summed E-state index contributed by atoms with van der Waals surface area (Å²) in [6, 6.07) is 28.5. The number of hydrogen-bond acceptors (Lipinski definition) is 8. The molecule has 0 bridgehead atoms. The number of para-hydroxylation sites is 2. The van der Waals surface area contributed by atoms with Crippen LogP contribution in [0.3, 0.4) is 0 Å². The van der Waals surface area contributed by atoms with Crippen LogP contribution < -0.4 is 18.9 Å². The Labute approximate surface area is 269 Å². The Morgan fingerprint density at radius 1 is 0.761 bits per heavy atom. The maximum Gasteiger partial charge on any atom is 0.341 e. The number of benzene rings is 4. The third kappa shape index (κ3) is 8.07. The molecule has 5 rings (SSSR count). The largest absolute Gasteiger partial charge is 0.493 e. The van der Waals surface area contributed by atoms with Crippen LogP contribution in [0.15, 0.2) is 102 Å². The predicted molar refractivity (Wildman–Crippen MR) is 176 cm³/mol. The smallest absolute Gasteiger partial charge is 0.341 e. The SMILES string of the molecule is CCCc1c(OCCCOc2cc(COc3ccccc3)c(-c3ccno3)cc2CC)cccc1Oc1ccccc1C(=O)OC. The quantitative estimate of drug-likeness (QED) is 0.0797.